The van der Waals surface area contributed by atoms with E-state index in [-0.39, 0.29) is 22.7 Å². The van der Waals surface area contributed by atoms with E-state index < -0.39 is 24.1 Å². The number of rotatable bonds is 4. The number of carbonyl (C=O) groups is 3. The largest absolute Gasteiger partial charge is 0.489 e. The fourth-order valence-corrected chi connectivity index (χ4v) is 2.06. The summed E-state index contributed by atoms with van der Waals surface area (Å²) in [5.74, 6) is 36.3. The Hall–Kier alpha value is -5.63. The predicted octanol–water partition coefficient (Wildman–Crippen LogP) is 0.549. The molecular formula is C28H14O6. The van der Waals surface area contributed by atoms with Crippen molar-refractivity contribution in [1.82, 2.24) is 0 Å². The van der Waals surface area contributed by atoms with Gasteiger partial charge in [-0.15, -0.1) is 0 Å². The Morgan fingerprint density at radius 2 is 1.09 bits per heavy atom. The van der Waals surface area contributed by atoms with Crippen molar-refractivity contribution in [3.05, 3.63) is 22.7 Å². The van der Waals surface area contributed by atoms with Crippen LogP contribution < -0.4 is 0 Å². The second kappa shape index (κ2) is 15.2. The highest BCUT2D eigenvalue weighted by Gasteiger charge is 2.35. The predicted molar refractivity (Wildman–Crippen MR) is 123 cm³/mol. The van der Waals surface area contributed by atoms with Crippen molar-refractivity contribution in [3.8, 4) is 94.7 Å². The summed E-state index contributed by atoms with van der Waals surface area (Å²) in [6.07, 6.45) is 0. The van der Waals surface area contributed by atoms with Crippen LogP contribution in [0.3, 0.4) is 0 Å². The first-order valence-corrected chi connectivity index (χ1v) is 9.18. The molecule has 1 rings (SSSR count). The summed E-state index contributed by atoms with van der Waals surface area (Å²) >= 11 is 0. The molecule has 0 saturated carbocycles. The topological polar surface area (TPSA) is 78.9 Å². The Bertz CT molecular complexity index is 1470. The Kier molecular flexibility index (Phi) is 11.8. The number of methoxy groups -OCH3 is 2. The molecule has 0 N–H and O–H groups in total. The van der Waals surface area contributed by atoms with E-state index in [1.165, 1.54) is 21.1 Å². The lowest BCUT2D eigenvalue weighted by Gasteiger charge is -2.19. The first kappa shape index (κ1) is 26.4. The zero-order chi connectivity index (χ0) is 25.2. The third-order valence-corrected chi connectivity index (χ3v) is 3.54. The van der Waals surface area contributed by atoms with Crippen LogP contribution in [0.1, 0.15) is 13.8 Å². The molecule has 6 nitrogen and oxygen atoms in total. The van der Waals surface area contributed by atoms with Crippen molar-refractivity contribution in [2.75, 3.05) is 20.8 Å². The highest BCUT2D eigenvalue weighted by Crippen LogP contribution is 2.25. The van der Waals surface area contributed by atoms with Gasteiger partial charge in [-0.1, -0.05) is 5.92 Å². The van der Waals surface area contributed by atoms with Crippen LogP contribution in [0.2, 0.25) is 0 Å². The van der Waals surface area contributed by atoms with Gasteiger partial charge in [-0.05, 0) is 96.7 Å². The Balaban J connectivity index is 2.64. The van der Waals surface area contributed by atoms with Crippen LogP contribution in [0.4, 0.5) is 0 Å². The normalized spacial score (nSPS) is 10.4. The number of ether oxygens (including phenoxy) is 3. The zero-order valence-corrected chi connectivity index (χ0v) is 18.7. The van der Waals surface area contributed by atoms with Gasteiger partial charge in [-0.2, -0.15) is 0 Å². The minimum Gasteiger partial charge on any atom is -0.489 e. The van der Waals surface area contributed by atoms with Gasteiger partial charge in [0.15, 0.2) is 0 Å². The van der Waals surface area contributed by atoms with Crippen LogP contribution in [0.15, 0.2) is 22.7 Å². The maximum Gasteiger partial charge on any atom is 0.385 e. The van der Waals surface area contributed by atoms with Crippen LogP contribution in [0.5, 0.6) is 0 Å². The summed E-state index contributed by atoms with van der Waals surface area (Å²) in [5, 5.41) is 0. The average molecular weight is 446 g/mol. The first-order valence-electron chi connectivity index (χ1n) is 9.18. The van der Waals surface area contributed by atoms with Gasteiger partial charge >= 0.3 is 5.97 Å². The summed E-state index contributed by atoms with van der Waals surface area (Å²) in [7, 11) is 2.48. The monoisotopic (exact) mass is 446 g/mol. The fourth-order valence-electron chi connectivity index (χ4n) is 2.06. The zero-order valence-electron chi connectivity index (χ0n) is 18.7. The molecule has 0 fully saturated rings. The third-order valence-electron chi connectivity index (χ3n) is 3.54. The lowest BCUT2D eigenvalue weighted by Crippen LogP contribution is -2.27. The number of carbonyl (C=O) groups excluding carboxylic acids is 3. The van der Waals surface area contributed by atoms with Crippen molar-refractivity contribution >= 4 is 17.5 Å². The van der Waals surface area contributed by atoms with Crippen molar-refractivity contribution in [1.29, 1.82) is 0 Å². The highest BCUT2D eigenvalue weighted by molar-refractivity contribution is 6.23. The minimum absolute atomic E-state index is 0.0267. The maximum absolute atomic E-state index is 12.4. The number of esters is 1. The molecule has 0 heterocycles. The Morgan fingerprint density at radius 1 is 0.676 bits per heavy atom. The smallest absolute Gasteiger partial charge is 0.385 e. The van der Waals surface area contributed by atoms with Gasteiger partial charge < -0.3 is 14.2 Å². The van der Waals surface area contributed by atoms with Gasteiger partial charge in [0.1, 0.15) is 6.61 Å². The van der Waals surface area contributed by atoms with E-state index in [4.69, 9.17) is 14.2 Å². The summed E-state index contributed by atoms with van der Waals surface area (Å²) < 4.78 is 14.8. The average Bonchev–Trinajstić information content (AvgIpc) is 2.83. The van der Waals surface area contributed by atoms with E-state index >= 15 is 0 Å². The molecule has 0 unspecified atom stereocenters. The molecular weight excluding hydrogens is 432 g/mol. The number of ketones is 2. The lowest BCUT2D eigenvalue weighted by molar-refractivity contribution is -0.136. The summed E-state index contributed by atoms with van der Waals surface area (Å²) in [6.45, 7) is 2.64. The number of allylic oxidation sites excluding steroid dienone is 2. The van der Waals surface area contributed by atoms with E-state index in [0.717, 1.165) is 0 Å². The molecule has 0 saturated heterocycles. The van der Waals surface area contributed by atoms with E-state index in [0.29, 0.717) is 0 Å². The molecule has 0 aliphatic heterocycles. The standard InChI is InChI=1S/C28H14O6/c1-5-6-7-8-9-10-11-12-13-14-15-16-17-18-19-20-24(29)34-21-23-22(2)25(30)27(32-3)28(33-4)26(23)31/h21H2,1-4H3. The molecule has 6 heteroatoms. The molecule has 0 bridgehead atoms. The molecule has 0 atom stereocenters. The van der Waals surface area contributed by atoms with Gasteiger partial charge in [-0.3, -0.25) is 9.59 Å². The van der Waals surface area contributed by atoms with Crippen LogP contribution >= 0.6 is 0 Å². The molecule has 162 valence electrons. The highest BCUT2D eigenvalue weighted by atomic mass is 16.5. The molecule has 1 aliphatic rings. The summed E-state index contributed by atoms with van der Waals surface area (Å²) in [5.41, 5.74) is 0.0629. The van der Waals surface area contributed by atoms with Gasteiger partial charge in [0, 0.05) is 17.1 Å². The molecule has 0 spiro atoms. The van der Waals surface area contributed by atoms with Crippen molar-refractivity contribution in [2.45, 2.75) is 13.8 Å². The van der Waals surface area contributed by atoms with Crippen LogP contribution in [-0.2, 0) is 28.6 Å². The Labute approximate surface area is 198 Å². The minimum atomic E-state index is -0.939. The van der Waals surface area contributed by atoms with Crippen LogP contribution in [-0.4, -0.2) is 38.4 Å². The SMILES string of the molecule is CC#CC#CC#CC#CC#CC#CC#CC#CC(=O)OCC1=C(C)C(=O)C(OC)=C(OC)C1=O. The van der Waals surface area contributed by atoms with Gasteiger partial charge in [-0.25, -0.2) is 4.79 Å². The number of hydrogen-bond acceptors (Lipinski definition) is 6. The molecule has 0 aromatic carbocycles. The molecule has 0 radical (unpaired) electrons. The van der Waals surface area contributed by atoms with Crippen LogP contribution in [0.25, 0.3) is 0 Å². The quantitative estimate of drug-likeness (QED) is 0.272. The van der Waals surface area contributed by atoms with E-state index in [1.54, 1.807) is 6.92 Å². The van der Waals surface area contributed by atoms with Gasteiger partial charge in [0.25, 0.3) is 0 Å². The van der Waals surface area contributed by atoms with Gasteiger partial charge in [0.2, 0.25) is 23.1 Å². The number of Topliss-reactive ketones (excluding diaryl/α,β-unsaturated/α-hetero) is 2. The summed E-state index contributed by atoms with van der Waals surface area (Å²) in [4.78, 5) is 36.4. The van der Waals surface area contributed by atoms with Crippen molar-refractivity contribution < 1.29 is 28.6 Å². The van der Waals surface area contributed by atoms with E-state index in [1.807, 2.05) is 0 Å². The number of hydrogen-bond donors (Lipinski definition) is 0. The Morgan fingerprint density at radius 3 is 1.53 bits per heavy atom. The first-order chi connectivity index (χ1) is 16.5. The van der Waals surface area contributed by atoms with Crippen molar-refractivity contribution in [3.63, 3.8) is 0 Å². The fraction of sp³-hybridized carbons (Fsp3) is 0.179. The molecule has 0 amide bonds. The van der Waals surface area contributed by atoms with Crippen molar-refractivity contribution in [2.24, 2.45) is 0 Å². The van der Waals surface area contributed by atoms with Crippen LogP contribution in [0, 0.1) is 94.7 Å². The summed E-state index contributed by atoms with van der Waals surface area (Å²) in [6, 6.07) is 0. The molecule has 1 aliphatic carbocycles. The second-order valence-electron chi connectivity index (χ2n) is 5.53. The second-order valence-corrected chi connectivity index (χ2v) is 5.53. The van der Waals surface area contributed by atoms with E-state index in [2.05, 4.69) is 94.7 Å². The molecule has 34 heavy (non-hydrogen) atoms. The molecule has 0 aromatic rings. The maximum atomic E-state index is 12.4. The third kappa shape index (κ3) is 8.62. The van der Waals surface area contributed by atoms with E-state index in [9.17, 15) is 14.4 Å². The lowest BCUT2D eigenvalue weighted by atomic mass is 9.93. The van der Waals surface area contributed by atoms with Gasteiger partial charge in [0.05, 0.1) is 14.2 Å². The molecule has 0 aromatic heterocycles.